The number of anilines is 1. The lowest BCUT2D eigenvalue weighted by Crippen LogP contribution is -2.00. The first kappa shape index (κ1) is 12.9. The SMILES string of the molecule is CCNc1cncc(SCc2ccccc2C)n1. The lowest BCUT2D eigenvalue weighted by Gasteiger charge is -2.06. The van der Waals surface area contributed by atoms with E-state index in [4.69, 9.17) is 0 Å². The van der Waals surface area contributed by atoms with Crippen LogP contribution in [0.25, 0.3) is 0 Å². The third-order valence-corrected chi connectivity index (χ3v) is 3.55. The fourth-order valence-electron chi connectivity index (χ4n) is 1.61. The van der Waals surface area contributed by atoms with Gasteiger partial charge in [-0.2, -0.15) is 0 Å². The van der Waals surface area contributed by atoms with Crippen molar-refractivity contribution in [3.05, 3.63) is 47.8 Å². The highest BCUT2D eigenvalue weighted by Crippen LogP contribution is 2.22. The van der Waals surface area contributed by atoms with Crippen LogP contribution >= 0.6 is 11.8 Å². The van der Waals surface area contributed by atoms with Gasteiger partial charge in [0.2, 0.25) is 0 Å². The number of benzene rings is 1. The summed E-state index contributed by atoms with van der Waals surface area (Å²) in [5, 5.41) is 4.13. The third kappa shape index (κ3) is 3.47. The van der Waals surface area contributed by atoms with Gasteiger partial charge in [0.1, 0.15) is 10.8 Å². The van der Waals surface area contributed by atoms with Gasteiger partial charge < -0.3 is 5.32 Å². The Labute approximate surface area is 112 Å². The maximum atomic E-state index is 4.50. The normalized spacial score (nSPS) is 10.3. The molecule has 94 valence electrons. The molecule has 0 saturated heterocycles. The minimum Gasteiger partial charge on any atom is -0.369 e. The largest absolute Gasteiger partial charge is 0.369 e. The second-order valence-corrected chi connectivity index (χ2v) is 4.98. The molecule has 0 fully saturated rings. The predicted molar refractivity (Wildman–Crippen MR) is 76.9 cm³/mol. The minimum absolute atomic E-state index is 0.840. The topological polar surface area (TPSA) is 37.8 Å². The van der Waals surface area contributed by atoms with E-state index in [9.17, 15) is 0 Å². The average molecular weight is 259 g/mol. The van der Waals surface area contributed by atoms with Gasteiger partial charge in [0.05, 0.1) is 12.4 Å². The monoisotopic (exact) mass is 259 g/mol. The molecular formula is C14H17N3S. The number of aromatic nitrogens is 2. The van der Waals surface area contributed by atoms with E-state index in [1.807, 2.05) is 6.20 Å². The van der Waals surface area contributed by atoms with E-state index >= 15 is 0 Å². The number of nitrogens with zero attached hydrogens (tertiary/aromatic N) is 2. The molecular weight excluding hydrogens is 242 g/mol. The Morgan fingerprint density at radius 2 is 2.06 bits per heavy atom. The van der Waals surface area contributed by atoms with Crippen LogP contribution in [0, 0.1) is 6.92 Å². The summed E-state index contributed by atoms with van der Waals surface area (Å²) in [5.41, 5.74) is 2.67. The van der Waals surface area contributed by atoms with Crippen molar-refractivity contribution >= 4 is 17.6 Å². The summed E-state index contributed by atoms with van der Waals surface area (Å²) in [6, 6.07) is 8.43. The highest BCUT2D eigenvalue weighted by Gasteiger charge is 2.01. The van der Waals surface area contributed by atoms with Crippen LogP contribution < -0.4 is 5.32 Å². The summed E-state index contributed by atoms with van der Waals surface area (Å²) in [6.45, 7) is 5.05. The van der Waals surface area contributed by atoms with Gasteiger partial charge in [0.25, 0.3) is 0 Å². The zero-order valence-electron chi connectivity index (χ0n) is 10.7. The zero-order valence-corrected chi connectivity index (χ0v) is 11.5. The van der Waals surface area contributed by atoms with E-state index in [-0.39, 0.29) is 0 Å². The van der Waals surface area contributed by atoms with Crippen molar-refractivity contribution in [1.29, 1.82) is 0 Å². The maximum absolute atomic E-state index is 4.50. The highest BCUT2D eigenvalue weighted by atomic mass is 32.2. The molecule has 0 saturated carbocycles. The molecule has 0 unspecified atom stereocenters. The molecule has 0 spiro atoms. The van der Waals surface area contributed by atoms with Crippen molar-refractivity contribution in [3.63, 3.8) is 0 Å². The molecule has 0 aliphatic carbocycles. The van der Waals surface area contributed by atoms with Gasteiger partial charge in [-0.25, -0.2) is 4.98 Å². The Morgan fingerprint density at radius 1 is 1.22 bits per heavy atom. The molecule has 1 aromatic heterocycles. The second kappa shape index (κ2) is 6.40. The molecule has 2 aromatic rings. The Hall–Kier alpha value is -1.55. The Kier molecular flexibility index (Phi) is 4.59. The standard InChI is InChI=1S/C14H17N3S/c1-3-16-13-8-15-9-14(17-13)18-10-12-7-5-4-6-11(12)2/h4-9H,3,10H2,1-2H3,(H,16,17). The van der Waals surface area contributed by atoms with Gasteiger partial charge in [0.15, 0.2) is 0 Å². The van der Waals surface area contributed by atoms with Crippen molar-refractivity contribution in [2.75, 3.05) is 11.9 Å². The van der Waals surface area contributed by atoms with E-state index < -0.39 is 0 Å². The maximum Gasteiger partial charge on any atom is 0.145 e. The highest BCUT2D eigenvalue weighted by molar-refractivity contribution is 7.98. The number of hydrogen-bond acceptors (Lipinski definition) is 4. The lowest BCUT2D eigenvalue weighted by atomic mass is 10.1. The third-order valence-electron chi connectivity index (χ3n) is 2.61. The Morgan fingerprint density at radius 3 is 2.83 bits per heavy atom. The lowest BCUT2D eigenvalue weighted by molar-refractivity contribution is 1.03. The van der Waals surface area contributed by atoms with Crippen molar-refractivity contribution in [3.8, 4) is 0 Å². The van der Waals surface area contributed by atoms with Crippen molar-refractivity contribution in [2.45, 2.75) is 24.6 Å². The van der Waals surface area contributed by atoms with E-state index in [2.05, 4.69) is 53.4 Å². The van der Waals surface area contributed by atoms with E-state index in [1.165, 1.54) is 11.1 Å². The fourth-order valence-corrected chi connectivity index (χ4v) is 2.53. The van der Waals surface area contributed by atoms with Gasteiger partial charge in [0, 0.05) is 12.3 Å². The molecule has 1 aromatic carbocycles. The average Bonchev–Trinajstić information content (AvgIpc) is 2.39. The van der Waals surface area contributed by atoms with Crippen LogP contribution in [0.3, 0.4) is 0 Å². The summed E-state index contributed by atoms with van der Waals surface area (Å²) in [7, 11) is 0. The zero-order chi connectivity index (χ0) is 12.8. The molecule has 1 N–H and O–H groups in total. The summed E-state index contributed by atoms with van der Waals surface area (Å²) in [6.07, 6.45) is 3.56. The molecule has 0 aliphatic rings. The number of nitrogens with one attached hydrogen (secondary N) is 1. The smallest absolute Gasteiger partial charge is 0.145 e. The van der Waals surface area contributed by atoms with Gasteiger partial charge in [-0.05, 0) is 25.0 Å². The molecule has 0 amide bonds. The molecule has 1 heterocycles. The molecule has 2 rings (SSSR count). The quantitative estimate of drug-likeness (QED) is 0.834. The first-order valence-corrected chi connectivity index (χ1v) is 7.01. The van der Waals surface area contributed by atoms with Crippen molar-refractivity contribution in [1.82, 2.24) is 9.97 Å². The van der Waals surface area contributed by atoms with Crippen LogP contribution in [0.5, 0.6) is 0 Å². The Bertz CT molecular complexity index is 514. The fraction of sp³-hybridized carbons (Fsp3) is 0.286. The summed E-state index contributed by atoms with van der Waals surface area (Å²) >= 11 is 1.71. The predicted octanol–water partition coefficient (Wildman–Crippen LogP) is 3.51. The van der Waals surface area contributed by atoms with Crippen LogP contribution in [0.1, 0.15) is 18.1 Å². The van der Waals surface area contributed by atoms with Crippen LogP contribution in [0.15, 0.2) is 41.7 Å². The van der Waals surface area contributed by atoms with Crippen LogP contribution in [-0.2, 0) is 5.75 Å². The van der Waals surface area contributed by atoms with Gasteiger partial charge in [-0.3, -0.25) is 4.98 Å². The van der Waals surface area contributed by atoms with Gasteiger partial charge in [-0.1, -0.05) is 24.3 Å². The van der Waals surface area contributed by atoms with Gasteiger partial charge >= 0.3 is 0 Å². The Balaban J connectivity index is 2.02. The molecule has 0 bridgehead atoms. The summed E-state index contributed by atoms with van der Waals surface area (Å²) in [4.78, 5) is 8.69. The van der Waals surface area contributed by atoms with Crippen molar-refractivity contribution < 1.29 is 0 Å². The van der Waals surface area contributed by atoms with Crippen molar-refractivity contribution in [2.24, 2.45) is 0 Å². The second-order valence-electron chi connectivity index (χ2n) is 3.99. The molecule has 18 heavy (non-hydrogen) atoms. The number of thioether (sulfide) groups is 1. The number of hydrogen-bond donors (Lipinski definition) is 1. The minimum atomic E-state index is 0.840. The van der Waals surface area contributed by atoms with E-state index in [1.54, 1.807) is 18.0 Å². The molecule has 4 heteroatoms. The summed E-state index contributed by atoms with van der Waals surface area (Å²) < 4.78 is 0. The molecule has 3 nitrogen and oxygen atoms in total. The molecule has 0 atom stereocenters. The first-order chi connectivity index (χ1) is 8.79. The van der Waals surface area contributed by atoms with Crippen LogP contribution in [0.4, 0.5) is 5.82 Å². The van der Waals surface area contributed by atoms with Gasteiger partial charge in [-0.15, -0.1) is 11.8 Å². The summed E-state index contributed by atoms with van der Waals surface area (Å²) in [5.74, 6) is 1.77. The van der Waals surface area contributed by atoms with E-state index in [0.717, 1.165) is 23.1 Å². The number of rotatable bonds is 5. The molecule has 0 aliphatic heterocycles. The number of aryl methyl sites for hydroxylation is 1. The van der Waals surface area contributed by atoms with E-state index in [0.29, 0.717) is 0 Å². The first-order valence-electron chi connectivity index (χ1n) is 6.03. The molecule has 0 radical (unpaired) electrons. The van der Waals surface area contributed by atoms with Crippen LogP contribution in [0.2, 0.25) is 0 Å². The van der Waals surface area contributed by atoms with Crippen LogP contribution in [-0.4, -0.2) is 16.5 Å².